The van der Waals surface area contributed by atoms with E-state index in [2.05, 4.69) is 9.97 Å². The van der Waals surface area contributed by atoms with Crippen LogP contribution in [0.15, 0.2) is 18.5 Å². The Morgan fingerprint density at radius 1 is 1.37 bits per heavy atom. The fourth-order valence-corrected chi connectivity index (χ4v) is 2.24. The number of nitrogens with zero attached hydrogens (tertiary/aromatic N) is 3. The van der Waals surface area contributed by atoms with Crippen molar-refractivity contribution in [2.24, 2.45) is 5.92 Å². The molecule has 2 heterocycles. The number of carbonyl (C=O) groups excluding carboxylic acids is 1. The minimum Gasteiger partial charge on any atom is -0.481 e. The molecular weight excluding hydrogens is 246 g/mol. The molecule has 0 bridgehead atoms. The number of aryl methyl sites for hydroxylation is 1. The average Bonchev–Trinajstić information content (AvgIpc) is 2.46. The molecule has 0 aliphatic carbocycles. The normalized spacial score (nSPS) is 19.2. The van der Waals surface area contributed by atoms with Crippen LogP contribution in [0.5, 0.6) is 0 Å². The third kappa shape index (κ3) is 3.74. The SMILES string of the molecule is O=C(O)[C@H]1CCCN(C(=O)CCc2ncccn2)C1. The molecule has 1 aromatic rings. The highest BCUT2D eigenvalue weighted by atomic mass is 16.4. The van der Waals surface area contributed by atoms with Crippen molar-refractivity contribution in [3.05, 3.63) is 24.3 Å². The second-order valence-corrected chi connectivity index (χ2v) is 4.68. The van der Waals surface area contributed by atoms with Gasteiger partial charge in [-0.3, -0.25) is 9.59 Å². The summed E-state index contributed by atoms with van der Waals surface area (Å²) in [7, 11) is 0. The largest absolute Gasteiger partial charge is 0.481 e. The van der Waals surface area contributed by atoms with Crippen molar-refractivity contribution in [3.8, 4) is 0 Å². The molecule has 0 saturated carbocycles. The molecule has 6 nitrogen and oxygen atoms in total. The zero-order valence-electron chi connectivity index (χ0n) is 10.7. The van der Waals surface area contributed by atoms with Crippen molar-refractivity contribution in [1.29, 1.82) is 0 Å². The van der Waals surface area contributed by atoms with Crippen molar-refractivity contribution in [3.63, 3.8) is 0 Å². The molecule has 1 atom stereocenters. The monoisotopic (exact) mass is 263 g/mol. The summed E-state index contributed by atoms with van der Waals surface area (Å²) in [5, 5.41) is 8.99. The second kappa shape index (κ2) is 6.26. The first-order valence-electron chi connectivity index (χ1n) is 6.43. The van der Waals surface area contributed by atoms with Gasteiger partial charge in [0.05, 0.1) is 5.92 Å². The summed E-state index contributed by atoms with van der Waals surface area (Å²) in [5.41, 5.74) is 0. The number of likely N-dealkylation sites (tertiary alicyclic amines) is 1. The fourth-order valence-electron chi connectivity index (χ4n) is 2.24. The van der Waals surface area contributed by atoms with E-state index in [1.54, 1.807) is 23.4 Å². The van der Waals surface area contributed by atoms with Crippen molar-refractivity contribution in [1.82, 2.24) is 14.9 Å². The lowest BCUT2D eigenvalue weighted by Crippen LogP contribution is -2.42. The molecule has 19 heavy (non-hydrogen) atoms. The zero-order valence-corrected chi connectivity index (χ0v) is 10.7. The minimum atomic E-state index is -0.816. The summed E-state index contributed by atoms with van der Waals surface area (Å²) in [6.07, 6.45) is 5.53. The Kier molecular flexibility index (Phi) is 4.43. The lowest BCUT2D eigenvalue weighted by Gasteiger charge is -2.30. The molecule has 1 N–H and O–H groups in total. The topological polar surface area (TPSA) is 83.4 Å². The first-order valence-corrected chi connectivity index (χ1v) is 6.43. The predicted molar refractivity (Wildman–Crippen MR) is 67.3 cm³/mol. The lowest BCUT2D eigenvalue weighted by atomic mass is 9.98. The maximum atomic E-state index is 12.0. The Morgan fingerprint density at radius 2 is 2.11 bits per heavy atom. The number of carbonyl (C=O) groups is 2. The molecule has 1 aliphatic heterocycles. The van der Waals surface area contributed by atoms with Gasteiger partial charge in [-0.15, -0.1) is 0 Å². The number of amides is 1. The number of aromatic nitrogens is 2. The van der Waals surface area contributed by atoms with Crippen LogP contribution in [0.4, 0.5) is 0 Å². The van der Waals surface area contributed by atoms with Crippen molar-refractivity contribution in [2.75, 3.05) is 13.1 Å². The molecule has 0 spiro atoms. The molecular formula is C13H17N3O3. The summed E-state index contributed by atoms with van der Waals surface area (Å²) in [4.78, 5) is 32.7. The highest BCUT2D eigenvalue weighted by molar-refractivity contribution is 5.78. The van der Waals surface area contributed by atoms with Crippen LogP contribution in [-0.4, -0.2) is 44.9 Å². The van der Waals surface area contributed by atoms with Gasteiger partial charge in [0.25, 0.3) is 0 Å². The molecule has 0 aromatic carbocycles. The van der Waals surface area contributed by atoms with Gasteiger partial charge in [-0.05, 0) is 18.9 Å². The average molecular weight is 263 g/mol. The third-order valence-electron chi connectivity index (χ3n) is 3.31. The highest BCUT2D eigenvalue weighted by Crippen LogP contribution is 2.17. The maximum absolute atomic E-state index is 12.0. The molecule has 102 valence electrons. The van der Waals surface area contributed by atoms with Crippen LogP contribution in [0.1, 0.15) is 25.1 Å². The number of piperidine rings is 1. The highest BCUT2D eigenvalue weighted by Gasteiger charge is 2.27. The summed E-state index contributed by atoms with van der Waals surface area (Å²) in [6.45, 7) is 0.974. The van der Waals surface area contributed by atoms with E-state index in [-0.39, 0.29) is 5.91 Å². The van der Waals surface area contributed by atoms with Gasteiger partial charge < -0.3 is 10.0 Å². The van der Waals surface area contributed by atoms with E-state index in [9.17, 15) is 9.59 Å². The first kappa shape index (κ1) is 13.5. The van der Waals surface area contributed by atoms with Crippen molar-refractivity contribution < 1.29 is 14.7 Å². The predicted octanol–water partition coefficient (Wildman–Crippen LogP) is 0.732. The van der Waals surface area contributed by atoms with E-state index in [1.165, 1.54) is 0 Å². The van der Waals surface area contributed by atoms with Gasteiger partial charge in [0.15, 0.2) is 0 Å². The van der Waals surface area contributed by atoms with Crippen LogP contribution < -0.4 is 0 Å². The quantitative estimate of drug-likeness (QED) is 0.866. The molecule has 1 aliphatic rings. The first-order chi connectivity index (χ1) is 9.16. The van der Waals surface area contributed by atoms with Crippen LogP contribution in [0.3, 0.4) is 0 Å². The van der Waals surface area contributed by atoms with Gasteiger partial charge in [0.2, 0.25) is 5.91 Å². The van der Waals surface area contributed by atoms with E-state index < -0.39 is 11.9 Å². The van der Waals surface area contributed by atoms with Crippen LogP contribution in [0.25, 0.3) is 0 Å². The van der Waals surface area contributed by atoms with Crippen LogP contribution in [-0.2, 0) is 16.0 Å². The Bertz CT molecular complexity index is 450. The van der Waals surface area contributed by atoms with Crippen LogP contribution >= 0.6 is 0 Å². The Labute approximate surface area is 111 Å². The third-order valence-corrected chi connectivity index (χ3v) is 3.31. The van der Waals surface area contributed by atoms with Gasteiger partial charge in [0, 0.05) is 38.3 Å². The molecule has 0 unspecified atom stereocenters. The van der Waals surface area contributed by atoms with Gasteiger partial charge in [-0.1, -0.05) is 0 Å². The van der Waals surface area contributed by atoms with Gasteiger partial charge in [-0.25, -0.2) is 9.97 Å². The molecule has 1 saturated heterocycles. The molecule has 1 fully saturated rings. The van der Waals surface area contributed by atoms with Gasteiger partial charge in [-0.2, -0.15) is 0 Å². The number of carboxylic acid groups (broad SMARTS) is 1. The number of hydrogen-bond donors (Lipinski definition) is 1. The van der Waals surface area contributed by atoms with E-state index in [1.807, 2.05) is 0 Å². The van der Waals surface area contributed by atoms with E-state index in [0.29, 0.717) is 38.2 Å². The standard InChI is InChI=1S/C13H17N3O3/c17-12(5-4-11-14-6-2-7-15-11)16-8-1-3-10(9-16)13(18)19/h2,6-7,10H,1,3-5,8-9H2,(H,18,19)/t10-/m0/s1. The summed E-state index contributed by atoms with van der Waals surface area (Å²) in [5.74, 6) is -0.615. The second-order valence-electron chi connectivity index (χ2n) is 4.68. The zero-order chi connectivity index (χ0) is 13.7. The summed E-state index contributed by atoms with van der Waals surface area (Å²) in [6, 6.07) is 1.73. The van der Waals surface area contributed by atoms with Gasteiger partial charge in [0.1, 0.15) is 5.82 Å². The lowest BCUT2D eigenvalue weighted by molar-refractivity contribution is -0.145. The number of hydrogen-bond acceptors (Lipinski definition) is 4. The summed E-state index contributed by atoms with van der Waals surface area (Å²) < 4.78 is 0. The Hall–Kier alpha value is -1.98. The van der Waals surface area contributed by atoms with Crippen LogP contribution in [0, 0.1) is 5.92 Å². The molecule has 1 aromatic heterocycles. The molecule has 1 amide bonds. The van der Waals surface area contributed by atoms with Crippen molar-refractivity contribution in [2.45, 2.75) is 25.7 Å². The maximum Gasteiger partial charge on any atom is 0.308 e. The Balaban J connectivity index is 1.84. The number of carboxylic acids is 1. The molecule has 2 rings (SSSR count). The fraction of sp³-hybridized carbons (Fsp3) is 0.538. The smallest absolute Gasteiger partial charge is 0.308 e. The van der Waals surface area contributed by atoms with E-state index in [0.717, 1.165) is 6.42 Å². The Morgan fingerprint density at radius 3 is 2.79 bits per heavy atom. The summed E-state index contributed by atoms with van der Waals surface area (Å²) >= 11 is 0. The van der Waals surface area contributed by atoms with E-state index in [4.69, 9.17) is 5.11 Å². The van der Waals surface area contributed by atoms with E-state index >= 15 is 0 Å². The van der Waals surface area contributed by atoms with Crippen molar-refractivity contribution >= 4 is 11.9 Å². The van der Waals surface area contributed by atoms with Crippen LogP contribution in [0.2, 0.25) is 0 Å². The number of aliphatic carboxylic acids is 1. The van der Waals surface area contributed by atoms with Gasteiger partial charge >= 0.3 is 5.97 Å². The molecule has 0 radical (unpaired) electrons. The minimum absolute atomic E-state index is 0.0154. The number of rotatable bonds is 4. The molecule has 6 heteroatoms.